The number of rotatable bonds is 4. The quantitative estimate of drug-likeness (QED) is 0.640. The molecule has 0 unspecified atom stereocenters. The maximum Gasteiger partial charge on any atom is 0.269 e. The van der Waals surface area contributed by atoms with Crippen LogP contribution in [0.15, 0.2) is 24.3 Å². The van der Waals surface area contributed by atoms with Crippen LogP contribution in [-0.2, 0) is 6.61 Å². The third-order valence-electron chi connectivity index (χ3n) is 2.06. The molecular formula is C10H10N4O3. The van der Waals surface area contributed by atoms with E-state index >= 15 is 0 Å². The highest BCUT2D eigenvalue weighted by atomic mass is 16.6. The maximum atomic E-state index is 10.4. The van der Waals surface area contributed by atoms with Crippen LogP contribution in [0.4, 0.5) is 5.69 Å². The van der Waals surface area contributed by atoms with Gasteiger partial charge in [0.1, 0.15) is 18.2 Å². The SMILES string of the molecule is Cc1nc(COc2ccc([N+](=O)[O-])cc2)n[nH]1. The second-order valence-electron chi connectivity index (χ2n) is 3.38. The fourth-order valence-electron chi connectivity index (χ4n) is 1.27. The summed E-state index contributed by atoms with van der Waals surface area (Å²) in [6, 6.07) is 5.85. The van der Waals surface area contributed by atoms with E-state index in [1.807, 2.05) is 0 Å². The van der Waals surface area contributed by atoms with E-state index in [1.165, 1.54) is 24.3 Å². The lowest BCUT2D eigenvalue weighted by atomic mass is 10.3. The number of ether oxygens (including phenoxy) is 1. The van der Waals surface area contributed by atoms with Crippen molar-refractivity contribution in [3.05, 3.63) is 46.0 Å². The summed E-state index contributed by atoms with van der Waals surface area (Å²) in [6.07, 6.45) is 0. The van der Waals surface area contributed by atoms with Crippen LogP contribution in [0.3, 0.4) is 0 Å². The molecule has 0 spiro atoms. The molecule has 88 valence electrons. The van der Waals surface area contributed by atoms with Gasteiger partial charge < -0.3 is 4.74 Å². The molecule has 0 saturated heterocycles. The van der Waals surface area contributed by atoms with Gasteiger partial charge in [-0.15, -0.1) is 0 Å². The van der Waals surface area contributed by atoms with Gasteiger partial charge in [-0.25, -0.2) is 4.98 Å². The van der Waals surface area contributed by atoms with Crippen LogP contribution < -0.4 is 4.74 Å². The zero-order chi connectivity index (χ0) is 12.3. The minimum Gasteiger partial charge on any atom is -0.486 e. The molecule has 2 aromatic rings. The van der Waals surface area contributed by atoms with E-state index in [9.17, 15) is 10.1 Å². The van der Waals surface area contributed by atoms with Crippen LogP contribution in [0.1, 0.15) is 11.6 Å². The zero-order valence-electron chi connectivity index (χ0n) is 9.08. The van der Waals surface area contributed by atoms with Crippen LogP contribution >= 0.6 is 0 Å². The number of benzene rings is 1. The van der Waals surface area contributed by atoms with E-state index in [1.54, 1.807) is 6.92 Å². The van der Waals surface area contributed by atoms with Gasteiger partial charge in [-0.05, 0) is 19.1 Å². The smallest absolute Gasteiger partial charge is 0.269 e. The number of aryl methyl sites for hydroxylation is 1. The lowest BCUT2D eigenvalue weighted by Gasteiger charge is -2.02. The normalized spacial score (nSPS) is 10.2. The van der Waals surface area contributed by atoms with Gasteiger partial charge in [0.05, 0.1) is 4.92 Å². The molecule has 0 aliphatic rings. The first-order chi connectivity index (χ1) is 8.15. The highest BCUT2D eigenvalue weighted by Gasteiger charge is 2.05. The molecule has 0 amide bonds. The van der Waals surface area contributed by atoms with Crippen molar-refractivity contribution in [1.29, 1.82) is 0 Å². The molecule has 7 heteroatoms. The Morgan fingerprint density at radius 3 is 2.65 bits per heavy atom. The van der Waals surface area contributed by atoms with Gasteiger partial charge in [0, 0.05) is 12.1 Å². The van der Waals surface area contributed by atoms with E-state index in [-0.39, 0.29) is 12.3 Å². The Morgan fingerprint density at radius 2 is 2.12 bits per heavy atom. The average Bonchev–Trinajstić information content (AvgIpc) is 2.73. The molecule has 0 aliphatic carbocycles. The molecular weight excluding hydrogens is 224 g/mol. The fourth-order valence-corrected chi connectivity index (χ4v) is 1.27. The highest BCUT2D eigenvalue weighted by molar-refractivity contribution is 5.35. The fraction of sp³-hybridized carbons (Fsp3) is 0.200. The molecule has 0 saturated carbocycles. The summed E-state index contributed by atoms with van der Waals surface area (Å²) in [5.74, 6) is 1.80. The predicted molar refractivity (Wildman–Crippen MR) is 58.5 cm³/mol. The third kappa shape index (κ3) is 2.77. The summed E-state index contributed by atoms with van der Waals surface area (Å²) in [5.41, 5.74) is 0.0334. The minimum absolute atomic E-state index is 0.0334. The molecule has 2 rings (SSSR count). The average molecular weight is 234 g/mol. The summed E-state index contributed by atoms with van der Waals surface area (Å²) >= 11 is 0. The molecule has 0 bridgehead atoms. The molecule has 0 radical (unpaired) electrons. The van der Waals surface area contributed by atoms with Crippen molar-refractivity contribution in [2.45, 2.75) is 13.5 Å². The minimum atomic E-state index is -0.456. The number of nitro benzene ring substituents is 1. The number of nitrogens with one attached hydrogen (secondary N) is 1. The number of aromatic amines is 1. The van der Waals surface area contributed by atoms with Crippen LogP contribution in [0, 0.1) is 17.0 Å². The van der Waals surface area contributed by atoms with Gasteiger partial charge in [0.25, 0.3) is 5.69 Å². The van der Waals surface area contributed by atoms with Gasteiger partial charge >= 0.3 is 0 Å². The number of nitro groups is 1. The zero-order valence-corrected chi connectivity index (χ0v) is 9.08. The Kier molecular flexibility index (Phi) is 2.99. The first-order valence-corrected chi connectivity index (χ1v) is 4.90. The number of non-ortho nitro benzene ring substituents is 1. The Labute approximate surface area is 96.6 Å². The first-order valence-electron chi connectivity index (χ1n) is 4.90. The molecule has 0 atom stereocenters. The molecule has 1 N–H and O–H groups in total. The summed E-state index contributed by atoms with van der Waals surface area (Å²) in [7, 11) is 0. The van der Waals surface area contributed by atoms with Crippen molar-refractivity contribution in [2.75, 3.05) is 0 Å². The van der Waals surface area contributed by atoms with Crippen molar-refractivity contribution in [2.24, 2.45) is 0 Å². The molecule has 1 aromatic heterocycles. The van der Waals surface area contributed by atoms with E-state index in [0.29, 0.717) is 17.4 Å². The van der Waals surface area contributed by atoms with E-state index in [4.69, 9.17) is 4.74 Å². The van der Waals surface area contributed by atoms with Gasteiger partial charge in [0.15, 0.2) is 5.82 Å². The number of hydrogen-bond donors (Lipinski definition) is 1. The Bertz CT molecular complexity index is 521. The maximum absolute atomic E-state index is 10.4. The van der Waals surface area contributed by atoms with Crippen LogP contribution in [0.2, 0.25) is 0 Å². The molecule has 17 heavy (non-hydrogen) atoms. The third-order valence-corrected chi connectivity index (χ3v) is 2.06. The van der Waals surface area contributed by atoms with Crippen LogP contribution in [0.25, 0.3) is 0 Å². The second kappa shape index (κ2) is 4.60. The number of nitrogens with zero attached hydrogens (tertiary/aromatic N) is 3. The van der Waals surface area contributed by atoms with Gasteiger partial charge in [-0.2, -0.15) is 5.10 Å². The van der Waals surface area contributed by atoms with E-state index in [2.05, 4.69) is 15.2 Å². The van der Waals surface area contributed by atoms with Crippen molar-refractivity contribution >= 4 is 5.69 Å². The number of aromatic nitrogens is 3. The Hall–Kier alpha value is -2.44. The number of H-pyrrole nitrogens is 1. The summed E-state index contributed by atoms with van der Waals surface area (Å²) in [6.45, 7) is 2.02. The van der Waals surface area contributed by atoms with Crippen molar-refractivity contribution < 1.29 is 9.66 Å². The number of hydrogen-bond acceptors (Lipinski definition) is 5. The van der Waals surface area contributed by atoms with Crippen LogP contribution in [0.5, 0.6) is 5.75 Å². The molecule has 1 aromatic carbocycles. The first kappa shape index (κ1) is 11.1. The highest BCUT2D eigenvalue weighted by Crippen LogP contribution is 2.17. The van der Waals surface area contributed by atoms with E-state index < -0.39 is 4.92 Å². The second-order valence-corrected chi connectivity index (χ2v) is 3.38. The Balaban J connectivity index is 1.97. The largest absolute Gasteiger partial charge is 0.486 e. The lowest BCUT2D eigenvalue weighted by Crippen LogP contribution is -1.97. The molecule has 0 fully saturated rings. The molecule has 0 aliphatic heterocycles. The predicted octanol–water partition coefficient (Wildman–Crippen LogP) is 1.60. The lowest BCUT2D eigenvalue weighted by molar-refractivity contribution is -0.384. The molecule has 7 nitrogen and oxygen atoms in total. The van der Waals surface area contributed by atoms with Crippen LogP contribution in [-0.4, -0.2) is 20.1 Å². The van der Waals surface area contributed by atoms with Crippen molar-refractivity contribution in [3.8, 4) is 5.75 Å². The topological polar surface area (TPSA) is 93.9 Å². The standard InChI is InChI=1S/C10H10N4O3/c1-7-11-10(13-12-7)6-17-9-4-2-8(3-5-9)14(15)16/h2-5H,6H2,1H3,(H,11,12,13). The summed E-state index contributed by atoms with van der Waals surface area (Å²) < 4.78 is 5.37. The Morgan fingerprint density at radius 1 is 1.41 bits per heavy atom. The van der Waals surface area contributed by atoms with Gasteiger partial charge in [0.2, 0.25) is 0 Å². The summed E-state index contributed by atoms with van der Waals surface area (Å²) in [4.78, 5) is 14.1. The summed E-state index contributed by atoms with van der Waals surface area (Å²) in [5, 5.41) is 17.0. The van der Waals surface area contributed by atoms with Crippen molar-refractivity contribution in [1.82, 2.24) is 15.2 Å². The molecule has 1 heterocycles. The van der Waals surface area contributed by atoms with Gasteiger partial charge in [-0.3, -0.25) is 15.2 Å². The van der Waals surface area contributed by atoms with E-state index in [0.717, 1.165) is 0 Å². The monoisotopic (exact) mass is 234 g/mol. The van der Waals surface area contributed by atoms with Crippen molar-refractivity contribution in [3.63, 3.8) is 0 Å². The van der Waals surface area contributed by atoms with Gasteiger partial charge in [-0.1, -0.05) is 0 Å².